The molecule has 0 atom stereocenters. The first-order valence-electron chi connectivity index (χ1n) is 10.4. The molecule has 7 heteroatoms. The summed E-state index contributed by atoms with van der Waals surface area (Å²) in [5, 5.41) is 0.671. The Kier molecular flexibility index (Phi) is 5.78. The molecule has 6 nitrogen and oxygen atoms in total. The third-order valence-electron chi connectivity index (χ3n) is 5.75. The monoisotopic (exact) mass is 423 g/mol. The molecular weight excluding hydrogens is 397 g/mol. The van der Waals surface area contributed by atoms with E-state index in [-0.39, 0.29) is 11.5 Å². The lowest BCUT2D eigenvalue weighted by molar-refractivity contribution is 0.0302. The van der Waals surface area contributed by atoms with Gasteiger partial charge in [0.15, 0.2) is 0 Å². The SMILES string of the molecule is C/C=C/Cn1cc(-c2ccc(C(=O)N3CCOCC3)c(C)c2F)c2cc(C)[nH]c2c1=O. The van der Waals surface area contributed by atoms with Crippen molar-refractivity contribution >= 4 is 16.8 Å². The number of allylic oxidation sites excluding steroid dienone is 2. The van der Waals surface area contributed by atoms with Gasteiger partial charge >= 0.3 is 0 Å². The number of carbonyl (C=O) groups excluding carboxylic acids is 1. The van der Waals surface area contributed by atoms with Gasteiger partial charge < -0.3 is 19.2 Å². The number of nitrogens with one attached hydrogen (secondary N) is 1. The average molecular weight is 423 g/mol. The number of pyridine rings is 1. The fourth-order valence-electron chi connectivity index (χ4n) is 4.03. The summed E-state index contributed by atoms with van der Waals surface area (Å²) in [5.74, 6) is -0.637. The number of hydrogen-bond donors (Lipinski definition) is 1. The molecule has 1 aliphatic heterocycles. The molecule has 1 aromatic carbocycles. The van der Waals surface area contributed by atoms with E-state index in [9.17, 15) is 9.59 Å². The Morgan fingerprint density at radius 3 is 2.68 bits per heavy atom. The Morgan fingerprint density at radius 1 is 1.23 bits per heavy atom. The minimum Gasteiger partial charge on any atom is -0.378 e. The molecule has 1 N–H and O–H groups in total. The second-order valence-corrected chi connectivity index (χ2v) is 7.81. The summed E-state index contributed by atoms with van der Waals surface area (Å²) in [6, 6.07) is 5.17. The van der Waals surface area contributed by atoms with E-state index in [0.717, 1.165) is 5.69 Å². The van der Waals surface area contributed by atoms with E-state index in [2.05, 4.69) is 4.98 Å². The lowest BCUT2D eigenvalue weighted by Gasteiger charge is -2.27. The zero-order valence-corrected chi connectivity index (χ0v) is 18.0. The molecule has 4 rings (SSSR count). The van der Waals surface area contributed by atoms with E-state index in [1.807, 2.05) is 32.1 Å². The van der Waals surface area contributed by atoms with Crippen molar-refractivity contribution in [2.24, 2.45) is 0 Å². The van der Waals surface area contributed by atoms with Crippen LogP contribution in [-0.4, -0.2) is 46.7 Å². The summed E-state index contributed by atoms with van der Waals surface area (Å²) < 4.78 is 22.5. The van der Waals surface area contributed by atoms with Gasteiger partial charge in [0.25, 0.3) is 11.5 Å². The van der Waals surface area contributed by atoms with Crippen molar-refractivity contribution in [3.8, 4) is 11.1 Å². The van der Waals surface area contributed by atoms with Crippen molar-refractivity contribution < 1.29 is 13.9 Å². The van der Waals surface area contributed by atoms with Crippen LogP contribution >= 0.6 is 0 Å². The Morgan fingerprint density at radius 2 is 1.97 bits per heavy atom. The molecule has 1 aliphatic rings. The average Bonchev–Trinajstić information content (AvgIpc) is 3.18. The molecule has 1 fully saturated rings. The minimum absolute atomic E-state index is 0.152. The normalized spacial score (nSPS) is 14.6. The van der Waals surface area contributed by atoms with Crippen LogP contribution in [0.1, 0.15) is 28.5 Å². The van der Waals surface area contributed by atoms with Crippen LogP contribution < -0.4 is 5.56 Å². The van der Waals surface area contributed by atoms with Crippen LogP contribution in [0.5, 0.6) is 0 Å². The molecule has 0 saturated carbocycles. The number of ether oxygens (including phenoxy) is 1. The van der Waals surface area contributed by atoms with Crippen LogP contribution in [0.25, 0.3) is 22.0 Å². The van der Waals surface area contributed by atoms with Crippen LogP contribution in [-0.2, 0) is 11.3 Å². The van der Waals surface area contributed by atoms with Crippen molar-refractivity contribution in [3.05, 3.63) is 69.5 Å². The number of aromatic nitrogens is 2. The summed E-state index contributed by atoms with van der Waals surface area (Å²) in [5.41, 5.74) is 2.77. The number of H-pyrrole nitrogens is 1. The quantitative estimate of drug-likeness (QED) is 0.649. The van der Waals surface area contributed by atoms with Crippen molar-refractivity contribution in [1.29, 1.82) is 0 Å². The van der Waals surface area contributed by atoms with Gasteiger partial charge in [-0.15, -0.1) is 0 Å². The second-order valence-electron chi connectivity index (χ2n) is 7.81. The van der Waals surface area contributed by atoms with Crippen LogP contribution in [0.4, 0.5) is 4.39 Å². The largest absolute Gasteiger partial charge is 0.378 e. The first kappa shape index (κ1) is 21.1. The predicted octanol–water partition coefficient (Wildman–Crippen LogP) is 3.80. The summed E-state index contributed by atoms with van der Waals surface area (Å²) >= 11 is 0. The molecule has 1 amide bonds. The van der Waals surface area contributed by atoms with Gasteiger partial charge in [-0.2, -0.15) is 0 Å². The number of fused-ring (bicyclic) bond motifs is 1. The number of benzene rings is 1. The van der Waals surface area contributed by atoms with Crippen molar-refractivity contribution in [2.45, 2.75) is 27.3 Å². The molecule has 31 heavy (non-hydrogen) atoms. The van der Waals surface area contributed by atoms with Crippen molar-refractivity contribution in [2.75, 3.05) is 26.3 Å². The predicted molar refractivity (Wildman–Crippen MR) is 119 cm³/mol. The number of carbonyl (C=O) groups is 1. The first-order chi connectivity index (χ1) is 14.9. The summed E-state index contributed by atoms with van der Waals surface area (Å²) in [6.07, 6.45) is 5.44. The van der Waals surface area contributed by atoms with Crippen molar-refractivity contribution in [3.63, 3.8) is 0 Å². The highest BCUT2D eigenvalue weighted by Crippen LogP contribution is 2.32. The smallest absolute Gasteiger partial charge is 0.275 e. The van der Waals surface area contributed by atoms with E-state index in [1.54, 1.807) is 34.7 Å². The van der Waals surface area contributed by atoms with E-state index in [1.165, 1.54) is 0 Å². The van der Waals surface area contributed by atoms with Gasteiger partial charge in [-0.3, -0.25) is 9.59 Å². The summed E-state index contributed by atoms with van der Waals surface area (Å²) in [6.45, 7) is 7.75. The second kappa shape index (κ2) is 8.51. The van der Waals surface area contributed by atoms with Crippen LogP contribution in [0.2, 0.25) is 0 Å². The van der Waals surface area contributed by atoms with E-state index in [0.29, 0.717) is 66.0 Å². The molecule has 2 aromatic heterocycles. The molecule has 0 spiro atoms. The molecule has 162 valence electrons. The number of aromatic amines is 1. The number of morpholine rings is 1. The van der Waals surface area contributed by atoms with E-state index < -0.39 is 5.82 Å². The highest BCUT2D eigenvalue weighted by atomic mass is 19.1. The maximum atomic E-state index is 15.6. The van der Waals surface area contributed by atoms with Crippen LogP contribution in [0.3, 0.4) is 0 Å². The fraction of sp³-hybridized carbons (Fsp3) is 0.333. The Balaban J connectivity index is 1.84. The molecule has 0 aliphatic carbocycles. The number of aryl methyl sites for hydroxylation is 1. The van der Waals surface area contributed by atoms with Gasteiger partial charge in [-0.1, -0.05) is 18.2 Å². The number of hydrogen-bond acceptors (Lipinski definition) is 3. The molecule has 1 saturated heterocycles. The van der Waals surface area contributed by atoms with Crippen LogP contribution in [0.15, 0.2) is 41.3 Å². The maximum absolute atomic E-state index is 15.6. The lowest BCUT2D eigenvalue weighted by atomic mass is 9.97. The van der Waals surface area contributed by atoms with E-state index in [4.69, 9.17) is 4.74 Å². The number of nitrogens with zero attached hydrogens (tertiary/aromatic N) is 2. The number of halogens is 1. The topological polar surface area (TPSA) is 67.3 Å². The van der Waals surface area contributed by atoms with Gasteiger partial charge in [0, 0.05) is 53.6 Å². The van der Waals surface area contributed by atoms with Crippen LogP contribution in [0, 0.1) is 19.7 Å². The highest BCUT2D eigenvalue weighted by Gasteiger charge is 2.24. The van der Waals surface area contributed by atoms with Gasteiger partial charge in [-0.25, -0.2) is 4.39 Å². The summed E-state index contributed by atoms with van der Waals surface area (Å²) in [4.78, 5) is 30.5. The molecule has 3 aromatic rings. The Hall–Kier alpha value is -3.19. The maximum Gasteiger partial charge on any atom is 0.275 e. The molecule has 3 heterocycles. The van der Waals surface area contributed by atoms with Gasteiger partial charge in [0.1, 0.15) is 11.3 Å². The Bertz CT molecular complexity index is 1230. The third kappa shape index (κ3) is 3.81. The summed E-state index contributed by atoms with van der Waals surface area (Å²) in [7, 11) is 0. The molecular formula is C24H26FN3O3. The zero-order valence-electron chi connectivity index (χ0n) is 18.0. The minimum atomic E-state index is -0.449. The molecule has 0 unspecified atom stereocenters. The number of rotatable bonds is 4. The van der Waals surface area contributed by atoms with Gasteiger partial charge in [0.05, 0.1) is 13.2 Å². The lowest BCUT2D eigenvalue weighted by Crippen LogP contribution is -2.41. The van der Waals surface area contributed by atoms with Gasteiger partial charge in [0.2, 0.25) is 0 Å². The standard InChI is InChI=1S/C24H26FN3O3/c1-4-5-8-28-14-20(19-13-15(2)26-22(19)24(28)30)18-7-6-17(16(3)21(18)25)23(29)27-9-11-31-12-10-27/h4-7,13-14,26H,8-12H2,1-3H3/b5-4+. The Labute approximate surface area is 179 Å². The molecule has 0 radical (unpaired) electrons. The highest BCUT2D eigenvalue weighted by molar-refractivity contribution is 5.99. The fourth-order valence-corrected chi connectivity index (χ4v) is 4.03. The van der Waals surface area contributed by atoms with E-state index >= 15 is 4.39 Å². The molecule has 0 bridgehead atoms. The number of amides is 1. The third-order valence-corrected chi connectivity index (χ3v) is 5.75. The first-order valence-corrected chi connectivity index (χ1v) is 10.4. The van der Waals surface area contributed by atoms with Gasteiger partial charge in [-0.05, 0) is 38.5 Å². The van der Waals surface area contributed by atoms with Crippen molar-refractivity contribution in [1.82, 2.24) is 14.5 Å². The zero-order chi connectivity index (χ0) is 22.1.